The van der Waals surface area contributed by atoms with Crippen LogP contribution in [-0.4, -0.2) is 0 Å². The van der Waals surface area contributed by atoms with E-state index < -0.39 is 0 Å². The average molecular weight is 463 g/mol. The normalized spacial score (nSPS) is 14.1. The zero-order chi connectivity index (χ0) is 16.0. The molecule has 0 radical (unpaired) electrons. The first-order chi connectivity index (χ1) is 11.0. The van der Waals surface area contributed by atoms with Crippen LogP contribution < -0.4 is 24.8 Å². The first-order valence-corrected chi connectivity index (χ1v) is 8.62. The monoisotopic (exact) mass is 460 g/mol. The SMILES string of the molecule is CC(C)(C)c1ccc2c(c1CC1C=CC=C1)Cc1ccccc1-2.[Cl-].[Cl-].[Zr+2]. The molecule has 0 fully saturated rings. The summed E-state index contributed by atoms with van der Waals surface area (Å²) in [5.41, 5.74) is 9.20. The van der Waals surface area contributed by atoms with E-state index in [1.54, 1.807) is 11.1 Å². The predicted octanol–water partition coefficient (Wildman–Crippen LogP) is -0.154. The van der Waals surface area contributed by atoms with Gasteiger partial charge in [0.2, 0.25) is 0 Å². The molecule has 2 aliphatic rings. The molecule has 4 rings (SSSR count). The third-order valence-electron chi connectivity index (χ3n) is 5.18. The van der Waals surface area contributed by atoms with Crippen LogP contribution in [0.25, 0.3) is 11.1 Å². The van der Waals surface area contributed by atoms with Crippen LogP contribution in [0.4, 0.5) is 0 Å². The standard InChI is InChI=1S/C23H24.2ClH.Zr/c1-23(2,3)22-13-12-19-18-11-7-6-10-17(18)15-20(19)21(22)14-16-8-4-5-9-16;;;/h4-13,16H,14-15H2,1-3H3;2*1H;/q;;;+2/p-2. The summed E-state index contributed by atoms with van der Waals surface area (Å²) in [6, 6.07) is 13.6. The Morgan fingerprint density at radius 2 is 1.54 bits per heavy atom. The van der Waals surface area contributed by atoms with Crippen molar-refractivity contribution in [3.63, 3.8) is 0 Å². The van der Waals surface area contributed by atoms with Crippen molar-refractivity contribution in [3.8, 4) is 11.1 Å². The van der Waals surface area contributed by atoms with Crippen molar-refractivity contribution in [2.24, 2.45) is 5.92 Å². The van der Waals surface area contributed by atoms with Gasteiger partial charge in [0.25, 0.3) is 0 Å². The summed E-state index contributed by atoms with van der Waals surface area (Å²) in [6.45, 7) is 7.00. The molecule has 2 aromatic carbocycles. The van der Waals surface area contributed by atoms with Crippen LogP contribution in [0.5, 0.6) is 0 Å². The van der Waals surface area contributed by atoms with Gasteiger partial charge in [-0.2, -0.15) is 0 Å². The number of benzene rings is 2. The van der Waals surface area contributed by atoms with Crippen LogP contribution in [0.1, 0.15) is 43.0 Å². The third kappa shape index (κ3) is 4.27. The second kappa shape index (κ2) is 9.05. The van der Waals surface area contributed by atoms with Crippen molar-refractivity contribution in [2.75, 3.05) is 0 Å². The van der Waals surface area contributed by atoms with E-state index in [1.165, 1.54) is 22.3 Å². The second-order valence-corrected chi connectivity index (χ2v) is 7.84. The predicted molar refractivity (Wildman–Crippen MR) is 98.9 cm³/mol. The Hall–Kier alpha value is -0.617. The maximum absolute atomic E-state index is 2.37. The van der Waals surface area contributed by atoms with Crippen molar-refractivity contribution in [1.82, 2.24) is 0 Å². The Balaban J connectivity index is 0.00000113. The van der Waals surface area contributed by atoms with E-state index in [4.69, 9.17) is 0 Å². The molecule has 0 unspecified atom stereocenters. The van der Waals surface area contributed by atoms with Gasteiger partial charge in [0.05, 0.1) is 0 Å². The van der Waals surface area contributed by atoms with Crippen LogP contribution in [-0.2, 0) is 44.5 Å². The van der Waals surface area contributed by atoms with Gasteiger partial charge in [-0.05, 0) is 57.6 Å². The molecule has 3 heteroatoms. The first-order valence-electron chi connectivity index (χ1n) is 8.62. The van der Waals surface area contributed by atoms with Crippen molar-refractivity contribution in [2.45, 2.75) is 39.0 Å². The van der Waals surface area contributed by atoms with Crippen molar-refractivity contribution < 1.29 is 51.0 Å². The third-order valence-corrected chi connectivity index (χ3v) is 5.18. The average Bonchev–Trinajstić information content (AvgIpc) is 3.13. The molecule has 0 nitrogen and oxygen atoms in total. The maximum atomic E-state index is 2.37. The van der Waals surface area contributed by atoms with E-state index in [2.05, 4.69) is 81.5 Å². The minimum Gasteiger partial charge on any atom is -1.00 e. The van der Waals surface area contributed by atoms with Gasteiger partial charge in [-0.25, -0.2) is 0 Å². The van der Waals surface area contributed by atoms with Crippen molar-refractivity contribution in [3.05, 3.63) is 83.0 Å². The summed E-state index contributed by atoms with van der Waals surface area (Å²) in [6.07, 6.45) is 11.2. The summed E-state index contributed by atoms with van der Waals surface area (Å²) < 4.78 is 0. The largest absolute Gasteiger partial charge is 2.00 e. The molecule has 0 N–H and O–H groups in total. The molecular formula is C23H24Cl2Zr. The summed E-state index contributed by atoms with van der Waals surface area (Å²) in [5.74, 6) is 0.548. The van der Waals surface area contributed by atoms with E-state index in [1.807, 2.05) is 0 Å². The van der Waals surface area contributed by atoms with Crippen LogP contribution in [0, 0.1) is 5.92 Å². The van der Waals surface area contributed by atoms with Crippen LogP contribution in [0.15, 0.2) is 60.7 Å². The Bertz CT molecular complexity index is 817. The Kier molecular flexibility index (Phi) is 8.15. The van der Waals surface area contributed by atoms with E-state index in [9.17, 15) is 0 Å². The number of fused-ring (bicyclic) bond motifs is 3. The molecule has 2 aliphatic carbocycles. The Morgan fingerprint density at radius 3 is 2.19 bits per heavy atom. The van der Waals surface area contributed by atoms with E-state index in [-0.39, 0.29) is 56.4 Å². The summed E-state index contributed by atoms with van der Waals surface area (Å²) in [7, 11) is 0. The molecule has 0 heterocycles. The van der Waals surface area contributed by atoms with Gasteiger partial charge in [-0.3, -0.25) is 0 Å². The van der Waals surface area contributed by atoms with Gasteiger partial charge in [0.1, 0.15) is 0 Å². The maximum Gasteiger partial charge on any atom is 2.00 e. The minimum absolute atomic E-state index is 0. The number of hydrogen-bond donors (Lipinski definition) is 0. The summed E-state index contributed by atoms with van der Waals surface area (Å²) >= 11 is 0. The first kappa shape index (κ1) is 23.4. The molecule has 0 atom stereocenters. The quantitative estimate of drug-likeness (QED) is 0.497. The molecule has 0 saturated carbocycles. The topological polar surface area (TPSA) is 0 Å². The van der Waals surface area contributed by atoms with Gasteiger partial charge in [0.15, 0.2) is 0 Å². The van der Waals surface area contributed by atoms with Gasteiger partial charge < -0.3 is 24.8 Å². The zero-order valence-electron chi connectivity index (χ0n) is 15.5. The molecular weight excluding hydrogens is 438 g/mol. The summed E-state index contributed by atoms with van der Waals surface area (Å²) in [5, 5.41) is 0. The van der Waals surface area contributed by atoms with Crippen LogP contribution >= 0.6 is 0 Å². The Labute approximate surface area is 189 Å². The van der Waals surface area contributed by atoms with Gasteiger partial charge in [0, 0.05) is 0 Å². The fourth-order valence-electron chi connectivity index (χ4n) is 4.06. The molecule has 0 bridgehead atoms. The molecule has 0 amide bonds. The molecule has 26 heavy (non-hydrogen) atoms. The number of hydrogen-bond acceptors (Lipinski definition) is 0. The fraction of sp³-hybridized carbons (Fsp3) is 0.304. The van der Waals surface area contributed by atoms with Crippen molar-refractivity contribution in [1.29, 1.82) is 0 Å². The molecule has 0 aliphatic heterocycles. The van der Waals surface area contributed by atoms with Gasteiger partial charge in [-0.15, -0.1) is 0 Å². The van der Waals surface area contributed by atoms with Gasteiger partial charge >= 0.3 is 26.2 Å². The fourth-order valence-corrected chi connectivity index (χ4v) is 4.06. The minimum atomic E-state index is 0. The molecule has 0 spiro atoms. The van der Waals surface area contributed by atoms with E-state index >= 15 is 0 Å². The van der Waals surface area contributed by atoms with Crippen LogP contribution in [0.2, 0.25) is 0 Å². The smallest absolute Gasteiger partial charge is 1.00 e. The summed E-state index contributed by atoms with van der Waals surface area (Å²) in [4.78, 5) is 0. The molecule has 0 aromatic heterocycles. The Morgan fingerprint density at radius 1 is 0.885 bits per heavy atom. The van der Waals surface area contributed by atoms with Crippen LogP contribution in [0.3, 0.4) is 0 Å². The number of halogens is 2. The van der Waals surface area contributed by atoms with Crippen molar-refractivity contribution >= 4 is 0 Å². The second-order valence-electron chi connectivity index (χ2n) is 7.84. The molecule has 2 aromatic rings. The van der Waals surface area contributed by atoms with E-state index in [0.29, 0.717) is 5.92 Å². The number of allylic oxidation sites excluding steroid dienone is 4. The molecule has 0 saturated heterocycles. The van der Waals surface area contributed by atoms with Gasteiger partial charge in [-0.1, -0.05) is 81.5 Å². The van der Waals surface area contributed by atoms with E-state index in [0.717, 1.165) is 12.8 Å². The number of rotatable bonds is 2. The molecule has 134 valence electrons. The zero-order valence-corrected chi connectivity index (χ0v) is 19.5.